The van der Waals surface area contributed by atoms with E-state index in [9.17, 15) is 19.5 Å². The minimum Gasteiger partial charge on any atom is -0.490 e. The molecule has 1 aromatic carbocycles. The van der Waals surface area contributed by atoms with Crippen LogP contribution in [0, 0.1) is 0 Å². The molecular formula is C14H18N2O5. The zero-order valence-electron chi connectivity index (χ0n) is 12.3. The van der Waals surface area contributed by atoms with E-state index < -0.39 is 5.97 Å². The van der Waals surface area contributed by atoms with Gasteiger partial charge in [0.2, 0.25) is 11.8 Å². The number of rotatable bonds is 5. The zero-order chi connectivity index (χ0) is 16.2. The van der Waals surface area contributed by atoms with Crippen molar-refractivity contribution in [2.45, 2.75) is 33.8 Å². The van der Waals surface area contributed by atoms with Crippen LogP contribution in [-0.4, -0.2) is 29.0 Å². The molecule has 114 valence electrons. The number of carbonyl (C=O) groups excluding carboxylic acids is 2. The van der Waals surface area contributed by atoms with E-state index in [1.165, 1.54) is 26.0 Å². The average Bonchev–Trinajstić information content (AvgIpc) is 2.29. The Morgan fingerprint density at radius 1 is 1.05 bits per heavy atom. The van der Waals surface area contributed by atoms with Crippen molar-refractivity contribution in [2.75, 3.05) is 10.6 Å². The highest BCUT2D eigenvalue weighted by atomic mass is 16.5. The Morgan fingerprint density at radius 3 is 1.90 bits per heavy atom. The van der Waals surface area contributed by atoms with E-state index in [-0.39, 0.29) is 40.6 Å². The third kappa shape index (κ3) is 4.79. The van der Waals surface area contributed by atoms with E-state index in [1.54, 1.807) is 13.8 Å². The van der Waals surface area contributed by atoms with Gasteiger partial charge in [-0.05, 0) is 19.9 Å². The van der Waals surface area contributed by atoms with Crippen LogP contribution in [0.3, 0.4) is 0 Å². The number of carboxylic acid groups (broad SMARTS) is 1. The first-order valence-electron chi connectivity index (χ1n) is 6.34. The minimum atomic E-state index is -1.19. The van der Waals surface area contributed by atoms with Gasteiger partial charge in [0, 0.05) is 19.9 Å². The Bertz CT molecular complexity index is 581. The highest BCUT2D eigenvalue weighted by molar-refractivity contribution is 6.02. The molecule has 0 saturated carbocycles. The molecule has 0 heterocycles. The number of aromatic carboxylic acids is 1. The summed E-state index contributed by atoms with van der Waals surface area (Å²) in [5, 5.41) is 14.2. The second-order valence-corrected chi connectivity index (χ2v) is 4.73. The van der Waals surface area contributed by atoms with Gasteiger partial charge in [0.1, 0.15) is 11.3 Å². The Balaban J connectivity index is 3.40. The van der Waals surface area contributed by atoms with E-state index in [2.05, 4.69) is 10.6 Å². The molecule has 0 bridgehead atoms. The fourth-order valence-electron chi connectivity index (χ4n) is 1.68. The van der Waals surface area contributed by atoms with Crippen molar-refractivity contribution >= 4 is 29.2 Å². The second-order valence-electron chi connectivity index (χ2n) is 4.73. The summed E-state index contributed by atoms with van der Waals surface area (Å²) in [6, 6.07) is 2.64. The number of carbonyl (C=O) groups is 3. The molecular weight excluding hydrogens is 276 g/mol. The Hall–Kier alpha value is -2.57. The lowest BCUT2D eigenvalue weighted by molar-refractivity contribution is -0.115. The van der Waals surface area contributed by atoms with Crippen molar-refractivity contribution in [2.24, 2.45) is 0 Å². The lowest BCUT2D eigenvalue weighted by Gasteiger charge is -2.17. The number of hydrogen-bond donors (Lipinski definition) is 3. The molecule has 0 atom stereocenters. The third-order valence-corrected chi connectivity index (χ3v) is 2.33. The van der Waals surface area contributed by atoms with Gasteiger partial charge in [-0.3, -0.25) is 9.59 Å². The van der Waals surface area contributed by atoms with Crippen molar-refractivity contribution in [3.8, 4) is 5.75 Å². The molecule has 0 aromatic heterocycles. The first-order valence-corrected chi connectivity index (χ1v) is 6.34. The van der Waals surface area contributed by atoms with Crippen molar-refractivity contribution < 1.29 is 24.2 Å². The van der Waals surface area contributed by atoms with Crippen molar-refractivity contribution in [3.05, 3.63) is 17.7 Å². The molecule has 0 saturated heterocycles. The lowest BCUT2D eigenvalue weighted by Crippen LogP contribution is -2.15. The van der Waals surface area contributed by atoms with Crippen LogP contribution >= 0.6 is 0 Å². The van der Waals surface area contributed by atoms with E-state index in [4.69, 9.17) is 4.74 Å². The van der Waals surface area contributed by atoms with Crippen LogP contribution in [0.15, 0.2) is 12.1 Å². The minimum absolute atomic E-state index is 0.0958. The Labute approximate surface area is 122 Å². The van der Waals surface area contributed by atoms with Crippen LogP contribution < -0.4 is 15.4 Å². The van der Waals surface area contributed by atoms with Crippen molar-refractivity contribution in [1.29, 1.82) is 0 Å². The first kappa shape index (κ1) is 16.5. The van der Waals surface area contributed by atoms with Crippen LogP contribution in [0.4, 0.5) is 11.4 Å². The van der Waals surface area contributed by atoms with Gasteiger partial charge in [-0.15, -0.1) is 0 Å². The fraction of sp³-hybridized carbons (Fsp3) is 0.357. The summed E-state index contributed by atoms with van der Waals surface area (Å²) >= 11 is 0. The average molecular weight is 294 g/mol. The lowest BCUT2D eigenvalue weighted by atomic mass is 10.1. The van der Waals surface area contributed by atoms with Crippen molar-refractivity contribution in [3.63, 3.8) is 0 Å². The van der Waals surface area contributed by atoms with Gasteiger partial charge in [-0.1, -0.05) is 0 Å². The van der Waals surface area contributed by atoms with Crippen molar-refractivity contribution in [1.82, 2.24) is 0 Å². The van der Waals surface area contributed by atoms with Gasteiger partial charge < -0.3 is 20.5 Å². The summed E-state index contributed by atoms with van der Waals surface area (Å²) in [6.45, 7) is 6.11. The van der Waals surface area contributed by atoms with E-state index in [0.29, 0.717) is 0 Å². The number of anilines is 2. The molecule has 7 nitrogen and oxygen atoms in total. The molecule has 3 N–H and O–H groups in total. The Morgan fingerprint density at radius 2 is 1.52 bits per heavy atom. The maximum absolute atomic E-state index is 11.3. The normalized spacial score (nSPS) is 10.1. The summed E-state index contributed by atoms with van der Waals surface area (Å²) in [5.74, 6) is -1.79. The van der Waals surface area contributed by atoms with Crippen LogP contribution in [0.25, 0.3) is 0 Å². The topological polar surface area (TPSA) is 105 Å². The molecule has 0 aliphatic carbocycles. The maximum atomic E-state index is 11.3. The highest BCUT2D eigenvalue weighted by Crippen LogP contribution is 2.32. The summed E-state index contributed by atoms with van der Waals surface area (Å²) in [4.78, 5) is 33.7. The van der Waals surface area contributed by atoms with Gasteiger partial charge in [0.15, 0.2) is 0 Å². The number of ether oxygens (including phenoxy) is 1. The molecule has 0 spiro atoms. The van der Waals surface area contributed by atoms with Gasteiger partial charge in [-0.2, -0.15) is 0 Å². The molecule has 21 heavy (non-hydrogen) atoms. The van der Waals surface area contributed by atoms with Crippen LogP contribution in [-0.2, 0) is 9.59 Å². The van der Waals surface area contributed by atoms with E-state index in [0.717, 1.165) is 0 Å². The summed E-state index contributed by atoms with van der Waals surface area (Å²) in [7, 11) is 0. The Kier molecular flexibility index (Phi) is 5.29. The van der Waals surface area contributed by atoms with E-state index in [1.807, 2.05) is 0 Å². The number of benzene rings is 1. The molecule has 2 amide bonds. The summed E-state index contributed by atoms with van der Waals surface area (Å²) in [5.41, 5.74) is 0.381. The second kappa shape index (κ2) is 6.74. The molecule has 1 aromatic rings. The number of carboxylic acids is 1. The molecule has 0 unspecified atom stereocenters. The van der Waals surface area contributed by atoms with Crippen LogP contribution in [0.1, 0.15) is 38.1 Å². The van der Waals surface area contributed by atoms with Crippen LogP contribution in [0.5, 0.6) is 5.75 Å². The summed E-state index contributed by atoms with van der Waals surface area (Å²) in [6.07, 6.45) is -0.236. The molecule has 0 radical (unpaired) electrons. The standard InChI is InChI=1S/C14H18N2O5/c1-7(2)21-13-6-12(16-9(4)18)11(15-8(3)17)5-10(13)14(19)20/h5-7H,1-4H3,(H,15,17)(H,16,18)(H,19,20). The van der Waals surface area contributed by atoms with E-state index >= 15 is 0 Å². The van der Waals surface area contributed by atoms with Crippen LogP contribution in [0.2, 0.25) is 0 Å². The third-order valence-electron chi connectivity index (χ3n) is 2.33. The van der Waals surface area contributed by atoms with Gasteiger partial charge in [0.05, 0.1) is 17.5 Å². The predicted octanol–water partition coefficient (Wildman–Crippen LogP) is 2.09. The number of amides is 2. The largest absolute Gasteiger partial charge is 0.490 e. The fourth-order valence-corrected chi connectivity index (χ4v) is 1.68. The molecule has 7 heteroatoms. The molecule has 0 aliphatic heterocycles. The molecule has 1 rings (SSSR count). The zero-order valence-corrected chi connectivity index (χ0v) is 12.3. The smallest absolute Gasteiger partial charge is 0.339 e. The monoisotopic (exact) mass is 294 g/mol. The first-order chi connectivity index (χ1) is 9.70. The van der Waals surface area contributed by atoms with Gasteiger partial charge >= 0.3 is 5.97 Å². The van der Waals surface area contributed by atoms with Gasteiger partial charge in [-0.25, -0.2) is 4.79 Å². The van der Waals surface area contributed by atoms with Gasteiger partial charge in [0.25, 0.3) is 0 Å². The quantitative estimate of drug-likeness (QED) is 0.771. The predicted molar refractivity (Wildman–Crippen MR) is 77.8 cm³/mol. The maximum Gasteiger partial charge on any atom is 0.339 e. The molecule has 0 fully saturated rings. The highest BCUT2D eigenvalue weighted by Gasteiger charge is 2.18. The number of nitrogens with one attached hydrogen (secondary N) is 2. The summed E-state index contributed by atoms with van der Waals surface area (Å²) < 4.78 is 5.44. The SMILES string of the molecule is CC(=O)Nc1cc(OC(C)C)c(C(=O)O)cc1NC(C)=O. The number of hydrogen-bond acceptors (Lipinski definition) is 4. The molecule has 0 aliphatic rings.